The average molecular weight is 657 g/mol. The monoisotopic (exact) mass is 656 g/mol. The first-order valence-corrected chi connectivity index (χ1v) is 17.5. The third-order valence-corrected chi connectivity index (χ3v) is 10.6. The Morgan fingerprint density at radius 2 is 1.43 bits per heavy atom. The van der Waals surface area contributed by atoms with Crippen LogP contribution in [-0.2, 0) is 17.9 Å². The van der Waals surface area contributed by atoms with Gasteiger partial charge in [-0.25, -0.2) is 9.97 Å². The predicted octanol–water partition coefficient (Wildman–Crippen LogP) is 6.59. The van der Waals surface area contributed by atoms with Crippen molar-refractivity contribution in [3.63, 3.8) is 0 Å². The summed E-state index contributed by atoms with van der Waals surface area (Å²) in [5.41, 5.74) is 8.09. The number of amides is 1. The zero-order valence-corrected chi connectivity index (χ0v) is 29.1. The molecular formula is C41H48N6O2. The summed E-state index contributed by atoms with van der Waals surface area (Å²) in [5, 5.41) is 2.79. The van der Waals surface area contributed by atoms with Crippen molar-refractivity contribution in [2.75, 3.05) is 31.1 Å². The molecule has 3 aromatic carbocycles. The Morgan fingerprint density at radius 3 is 2.04 bits per heavy atom. The maximum absolute atomic E-state index is 12.5. The number of carbonyl (C=O) groups excluding carboxylic acids is 2. The van der Waals surface area contributed by atoms with Gasteiger partial charge in [-0.3, -0.25) is 14.5 Å². The first-order valence-electron chi connectivity index (χ1n) is 17.5. The number of nitrogens with one attached hydrogen (secondary N) is 1. The zero-order chi connectivity index (χ0) is 34.4. The molecule has 8 nitrogen and oxygen atoms in total. The molecule has 1 amide bonds. The fraction of sp³-hybridized carbons (Fsp3) is 0.366. The van der Waals surface area contributed by atoms with Gasteiger partial charge in [-0.15, -0.1) is 0 Å². The molecule has 2 aliphatic rings. The van der Waals surface area contributed by atoms with Crippen LogP contribution >= 0.6 is 0 Å². The maximum atomic E-state index is 12.5. The third kappa shape index (κ3) is 7.92. The molecule has 1 aromatic heterocycles. The van der Waals surface area contributed by atoms with Crippen LogP contribution in [-0.4, -0.2) is 69.2 Å². The van der Waals surface area contributed by atoms with E-state index in [1.165, 1.54) is 11.3 Å². The van der Waals surface area contributed by atoms with Crippen LogP contribution in [0.1, 0.15) is 71.0 Å². The Hall–Kier alpha value is -4.82. The van der Waals surface area contributed by atoms with E-state index >= 15 is 0 Å². The predicted molar refractivity (Wildman–Crippen MR) is 196 cm³/mol. The summed E-state index contributed by atoms with van der Waals surface area (Å²) in [6.07, 6.45) is 6.03. The lowest BCUT2D eigenvalue weighted by atomic mass is 9.85. The smallest absolute Gasteiger partial charge is 0.292 e. The lowest BCUT2D eigenvalue weighted by Crippen LogP contribution is -2.57. The molecule has 8 heteroatoms. The van der Waals surface area contributed by atoms with Crippen LogP contribution in [0.4, 0.5) is 5.69 Å². The third-order valence-electron chi connectivity index (χ3n) is 10.6. The molecule has 2 aliphatic heterocycles. The van der Waals surface area contributed by atoms with E-state index in [1.807, 2.05) is 19.9 Å². The molecule has 2 saturated heterocycles. The van der Waals surface area contributed by atoms with Crippen molar-refractivity contribution < 1.29 is 9.59 Å². The first kappa shape index (κ1) is 34.1. The number of aromatic nitrogens is 2. The van der Waals surface area contributed by atoms with Gasteiger partial charge in [-0.05, 0) is 69.7 Å². The van der Waals surface area contributed by atoms with E-state index in [-0.39, 0.29) is 5.54 Å². The van der Waals surface area contributed by atoms with E-state index in [4.69, 9.17) is 0 Å². The van der Waals surface area contributed by atoms with Gasteiger partial charge in [0.05, 0.1) is 11.4 Å². The molecule has 254 valence electrons. The second-order valence-electron chi connectivity index (χ2n) is 13.7. The molecule has 4 aromatic rings. The van der Waals surface area contributed by atoms with E-state index in [1.54, 1.807) is 30.6 Å². The molecular weight excluding hydrogens is 608 g/mol. The van der Waals surface area contributed by atoms with Crippen molar-refractivity contribution in [3.8, 4) is 0 Å². The molecule has 6 rings (SSSR count). The summed E-state index contributed by atoms with van der Waals surface area (Å²) >= 11 is 0. The summed E-state index contributed by atoms with van der Waals surface area (Å²) < 4.78 is 0. The highest BCUT2D eigenvalue weighted by molar-refractivity contribution is 6.42. The van der Waals surface area contributed by atoms with Gasteiger partial charge in [-0.1, -0.05) is 79.4 Å². The lowest BCUT2D eigenvalue weighted by Gasteiger charge is -2.51. The number of rotatable bonds is 11. The highest BCUT2D eigenvalue weighted by Gasteiger charge is 2.39. The minimum atomic E-state index is -0.590. The first-order chi connectivity index (χ1) is 23.7. The largest absolute Gasteiger partial charge is 0.371 e. The van der Waals surface area contributed by atoms with Crippen LogP contribution in [0.2, 0.25) is 0 Å². The van der Waals surface area contributed by atoms with Crippen molar-refractivity contribution in [1.82, 2.24) is 25.1 Å². The van der Waals surface area contributed by atoms with Crippen molar-refractivity contribution in [1.29, 1.82) is 0 Å². The summed E-state index contributed by atoms with van der Waals surface area (Å²) in [4.78, 5) is 41.6. The summed E-state index contributed by atoms with van der Waals surface area (Å²) in [6, 6.07) is 28.2. The summed E-state index contributed by atoms with van der Waals surface area (Å²) in [5.74, 6) is -1.11. The van der Waals surface area contributed by atoms with Crippen LogP contribution < -0.4 is 10.2 Å². The standard InChI is InChI=1S/C41H48N6O2/c1-30-38(31(2)44-29-43-30)32(3)45-25-21-41(4,22-26-45)46-23-19-37(20-24-46)47(28-34-11-7-5-8-12-34)36-17-15-33(16-18-36)27-42-40(49)39(48)35-13-9-6-10-14-35/h5-18,29,37H,3,19-28H2,1-2,4H3,(H,42,49). The van der Waals surface area contributed by atoms with Crippen molar-refractivity contribution in [2.24, 2.45) is 0 Å². The van der Waals surface area contributed by atoms with Crippen molar-refractivity contribution in [2.45, 2.75) is 71.1 Å². The van der Waals surface area contributed by atoms with Crippen LogP contribution in [0.25, 0.3) is 5.70 Å². The maximum Gasteiger partial charge on any atom is 0.292 e. The second-order valence-corrected chi connectivity index (χ2v) is 13.7. The van der Waals surface area contributed by atoms with Crippen LogP contribution in [0.15, 0.2) is 97.8 Å². The normalized spacial score (nSPS) is 16.6. The fourth-order valence-corrected chi connectivity index (χ4v) is 7.46. The zero-order valence-electron chi connectivity index (χ0n) is 29.1. The Bertz CT molecular complexity index is 1720. The van der Waals surface area contributed by atoms with Gasteiger partial charge < -0.3 is 15.1 Å². The van der Waals surface area contributed by atoms with Gasteiger partial charge in [0.2, 0.25) is 5.78 Å². The molecule has 0 bridgehead atoms. The highest BCUT2D eigenvalue weighted by Crippen LogP contribution is 2.36. The Labute approximate surface area is 290 Å². The molecule has 3 heterocycles. The van der Waals surface area contributed by atoms with Crippen LogP contribution in [0.5, 0.6) is 0 Å². The number of nitrogens with zero attached hydrogens (tertiary/aromatic N) is 5. The number of piperidine rings is 2. The number of carbonyl (C=O) groups is 2. The quantitative estimate of drug-likeness (QED) is 0.144. The Kier molecular flexibility index (Phi) is 10.5. The van der Waals surface area contributed by atoms with E-state index in [2.05, 4.69) is 98.1 Å². The molecule has 0 unspecified atom stereocenters. The van der Waals surface area contributed by atoms with Gasteiger partial charge >= 0.3 is 0 Å². The molecule has 0 spiro atoms. The molecule has 1 N–H and O–H groups in total. The number of aryl methyl sites for hydroxylation is 2. The van der Waals surface area contributed by atoms with Gasteiger partial charge in [-0.2, -0.15) is 0 Å². The van der Waals surface area contributed by atoms with E-state index < -0.39 is 11.7 Å². The number of ketones is 1. The van der Waals surface area contributed by atoms with Crippen LogP contribution in [0.3, 0.4) is 0 Å². The molecule has 0 saturated carbocycles. The minimum Gasteiger partial charge on any atom is -0.371 e. The van der Waals surface area contributed by atoms with Gasteiger partial charge in [0.25, 0.3) is 5.91 Å². The van der Waals surface area contributed by atoms with Gasteiger partial charge in [0, 0.05) is 73.4 Å². The fourth-order valence-electron chi connectivity index (χ4n) is 7.46. The number of Topliss-reactive ketones (excluding diaryl/α,β-unsaturated/α-hetero) is 1. The van der Waals surface area contributed by atoms with E-state index in [0.717, 1.165) is 86.6 Å². The topological polar surface area (TPSA) is 81.7 Å². The number of anilines is 1. The van der Waals surface area contributed by atoms with Gasteiger partial charge in [0.15, 0.2) is 0 Å². The van der Waals surface area contributed by atoms with Crippen molar-refractivity contribution in [3.05, 3.63) is 131 Å². The number of hydrogen-bond donors (Lipinski definition) is 1. The van der Waals surface area contributed by atoms with E-state index in [0.29, 0.717) is 18.2 Å². The molecule has 2 fully saturated rings. The van der Waals surface area contributed by atoms with Crippen LogP contribution in [0, 0.1) is 13.8 Å². The average Bonchev–Trinajstić information content (AvgIpc) is 3.14. The lowest BCUT2D eigenvalue weighted by molar-refractivity contribution is -0.117. The molecule has 49 heavy (non-hydrogen) atoms. The number of likely N-dealkylation sites (tertiary alicyclic amines) is 2. The summed E-state index contributed by atoms with van der Waals surface area (Å²) in [7, 11) is 0. The highest BCUT2D eigenvalue weighted by atomic mass is 16.2. The number of hydrogen-bond acceptors (Lipinski definition) is 7. The molecule has 0 aliphatic carbocycles. The minimum absolute atomic E-state index is 0.164. The Balaban J connectivity index is 1.07. The molecule has 0 atom stereocenters. The second kappa shape index (κ2) is 15.2. The van der Waals surface area contributed by atoms with Gasteiger partial charge in [0.1, 0.15) is 6.33 Å². The van der Waals surface area contributed by atoms with E-state index in [9.17, 15) is 9.59 Å². The Morgan fingerprint density at radius 1 is 0.837 bits per heavy atom. The number of benzene rings is 3. The molecule has 0 radical (unpaired) electrons. The summed E-state index contributed by atoms with van der Waals surface area (Å²) in [6.45, 7) is 16.2. The SMILES string of the molecule is C=C(c1c(C)ncnc1C)N1CCC(C)(N2CCC(N(Cc3ccccc3)c3ccc(CNC(=O)C(=O)c4ccccc4)cc3)CC2)CC1. The van der Waals surface area contributed by atoms with Crippen molar-refractivity contribution >= 4 is 23.1 Å².